The molecule has 0 unspecified atom stereocenters. The third-order valence-corrected chi connectivity index (χ3v) is 6.19. The normalized spacial score (nSPS) is 13.8. The molecule has 0 saturated carbocycles. The Morgan fingerprint density at radius 1 is 1.24 bits per heavy atom. The zero-order chi connectivity index (χ0) is 23.4. The van der Waals surface area contributed by atoms with Gasteiger partial charge in [0.25, 0.3) is 5.91 Å². The van der Waals surface area contributed by atoms with E-state index < -0.39 is 0 Å². The predicted octanol–water partition coefficient (Wildman–Crippen LogP) is 3.22. The fourth-order valence-corrected chi connectivity index (χ4v) is 4.30. The van der Waals surface area contributed by atoms with Crippen molar-refractivity contribution < 1.29 is 19.8 Å². The molecule has 1 fully saturated rings. The number of hydrogen-bond donors (Lipinski definition) is 2. The van der Waals surface area contributed by atoms with Gasteiger partial charge < -0.3 is 20.8 Å². The molecule has 3 aromatic rings. The summed E-state index contributed by atoms with van der Waals surface area (Å²) in [5, 5.41) is 26.0. The topological polar surface area (TPSA) is 126 Å². The van der Waals surface area contributed by atoms with Crippen LogP contribution < -0.4 is 10.2 Å². The van der Waals surface area contributed by atoms with Crippen molar-refractivity contribution in [1.82, 2.24) is 9.78 Å². The lowest BCUT2D eigenvalue weighted by Gasteiger charge is -2.34. The van der Waals surface area contributed by atoms with Crippen LogP contribution in [-0.2, 0) is 0 Å². The molecular formula is C25H28FN5O3. The first kappa shape index (κ1) is 24.9. The number of nitrogens with one attached hydrogen (secondary N) is 1. The third-order valence-electron chi connectivity index (χ3n) is 6.19. The molecule has 8 nitrogen and oxygen atoms in total. The summed E-state index contributed by atoms with van der Waals surface area (Å²) in [6, 6.07) is 13.5. The summed E-state index contributed by atoms with van der Waals surface area (Å²) in [6.07, 6.45) is 4.27. The van der Waals surface area contributed by atoms with E-state index >= 15 is 0 Å². The molecule has 0 radical (unpaired) electrons. The van der Waals surface area contributed by atoms with Crippen molar-refractivity contribution in [1.29, 1.82) is 5.26 Å². The molecule has 0 atom stereocenters. The van der Waals surface area contributed by atoms with E-state index in [1.54, 1.807) is 35.9 Å². The molecule has 1 amide bonds. The van der Waals surface area contributed by atoms with Crippen molar-refractivity contribution in [2.75, 3.05) is 29.9 Å². The molecule has 9 heteroatoms. The van der Waals surface area contributed by atoms with E-state index in [0.29, 0.717) is 34.1 Å². The number of carbonyl (C=O) groups excluding carboxylic acids is 1. The average molecular weight is 466 g/mol. The summed E-state index contributed by atoms with van der Waals surface area (Å²) in [5.41, 5.74) is 3.58. The van der Waals surface area contributed by atoms with Gasteiger partial charge in [-0.3, -0.25) is 4.79 Å². The number of hydrogen-bond acceptors (Lipinski definition) is 5. The van der Waals surface area contributed by atoms with Gasteiger partial charge in [-0.1, -0.05) is 0 Å². The Kier molecular flexibility index (Phi) is 7.99. The maximum Gasteiger partial charge on any atom is 0.259 e. The average Bonchev–Trinajstić information content (AvgIpc) is 3.21. The molecule has 4 N–H and O–H groups in total. The molecule has 2 aromatic carbocycles. The zero-order valence-corrected chi connectivity index (χ0v) is 19.0. The minimum absolute atomic E-state index is 0. The first-order valence-corrected chi connectivity index (χ1v) is 11.0. The van der Waals surface area contributed by atoms with Crippen LogP contribution in [0.1, 0.15) is 40.9 Å². The lowest BCUT2D eigenvalue weighted by atomic mass is 9.93. The Bertz CT molecular complexity index is 1180. The van der Waals surface area contributed by atoms with Crippen molar-refractivity contribution in [3.63, 3.8) is 0 Å². The number of halogens is 1. The Balaban J connectivity index is 0.00000324. The number of benzene rings is 2. The van der Waals surface area contributed by atoms with Crippen LogP contribution in [0.5, 0.6) is 0 Å². The second-order valence-electron chi connectivity index (χ2n) is 8.27. The van der Waals surface area contributed by atoms with E-state index in [2.05, 4.69) is 21.4 Å². The van der Waals surface area contributed by atoms with E-state index in [4.69, 9.17) is 5.11 Å². The van der Waals surface area contributed by atoms with Gasteiger partial charge in [0.1, 0.15) is 11.9 Å². The van der Waals surface area contributed by atoms with E-state index in [-0.39, 0.29) is 23.8 Å². The monoisotopic (exact) mass is 465 g/mol. The highest BCUT2D eigenvalue weighted by Crippen LogP contribution is 2.29. The number of aliphatic hydroxyl groups is 1. The number of carbonyl (C=O) groups is 1. The smallest absolute Gasteiger partial charge is 0.259 e. The SMILES string of the molecule is Cc1c(C(=O)Nc2ccc(N3CCC(CCO)CC3)c(C#N)c2)cnn1-c1ccc(F)cc1.O. The highest BCUT2D eigenvalue weighted by Gasteiger charge is 2.22. The fourth-order valence-electron chi connectivity index (χ4n) is 4.30. The van der Waals surface area contributed by atoms with Gasteiger partial charge in [0.2, 0.25) is 0 Å². The lowest BCUT2D eigenvalue weighted by molar-refractivity contribution is 0.102. The lowest BCUT2D eigenvalue weighted by Crippen LogP contribution is -2.34. The predicted molar refractivity (Wildman–Crippen MR) is 128 cm³/mol. The largest absolute Gasteiger partial charge is 0.412 e. The first-order valence-electron chi connectivity index (χ1n) is 11.0. The van der Waals surface area contributed by atoms with E-state index in [0.717, 1.165) is 38.0 Å². The maximum absolute atomic E-state index is 13.2. The van der Waals surface area contributed by atoms with Gasteiger partial charge in [0.15, 0.2) is 0 Å². The Morgan fingerprint density at radius 2 is 1.94 bits per heavy atom. The molecule has 178 valence electrons. The second-order valence-corrected chi connectivity index (χ2v) is 8.27. The number of anilines is 2. The second kappa shape index (κ2) is 10.9. The summed E-state index contributed by atoms with van der Waals surface area (Å²) in [7, 11) is 0. The minimum atomic E-state index is -0.340. The van der Waals surface area contributed by atoms with Crippen LogP contribution >= 0.6 is 0 Å². The van der Waals surface area contributed by atoms with Crippen LogP contribution in [-0.4, -0.2) is 46.0 Å². The molecule has 1 saturated heterocycles. The summed E-state index contributed by atoms with van der Waals surface area (Å²) in [4.78, 5) is 15.1. The maximum atomic E-state index is 13.2. The van der Waals surface area contributed by atoms with Crippen LogP contribution in [0.15, 0.2) is 48.7 Å². The third kappa shape index (κ3) is 5.25. The van der Waals surface area contributed by atoms with Crippen molar-refractivity contribution in [3.05, 3.63) is 71.3 Å². The van der Waals surface area contributed by atoms with Gasteiger partial charge >= 0.3 is 0 Å². The van der Waals surface area contributed by atoms with Crippen LogP contribution in [0.2, 0.25) is 0 Å². The molecule has 0 bridgehead atoms. The number of nitrogens with zero attached hydrogens (tertiary/aromatic N) is 4. The van der Waals surface area contributed by atoms with E-state index in [1.807, 2.05) is 6.07 Å². The number of nitriles is 1. The Hall–Kier alpha value is -3.74. The molecular weight excluding hydrogens is 437 g/mol. The number of amides is 1. The molecule has 34 heavy (non-hydrogen) atoms. The fraction of sp³-hybridized carbons (Fsp3) is 0.320. The number of aliphatic hydroxyl groups excluding tert-OH is 1. The van der Waals surface area contributed by atoms with Crippen LogP contribution in [0.25, 0.3) is 5.69 Å². The van der Waals surface area contributed by atoms with Crippen molar-refractivity contribution >= 4 is 17.3 Å². The van der Waals surface area contributed by atoms with Gasteiger partial charge in [-0.2, -0.15) is 10.4 Å². The van der Waals surface area contributed by atoms with Crippen molar-refractivity contribution in [3.8, 4) is 11.8 Å². The Labute approximate surface area is 197 Å². The van der Waals surface area contributed by atoms with Crippen LogP contribution in [0.4, 0.5) is 15.8 Å². The summed E-state index contributed by atoms with van der Waals surface area (Å²) in [5.74, 6) is -0.149. The molecule has 1 aliphatic rings. The molecule has 0 spiro atoms. The molecule has 4 rings (SSSR count). The highest BCUT2D eigenvalue weighted by atomic mass is 19.1. The summed E-state index contributed by atoms with van der Waals surface area (Å²) < 4.78 is 14.8. The zero-order valence-electron chi connectivity index (χ0n) is 19.0. The molecule has 2 heterocycles. The highest BCUT2D eigenvalue weighted by molar-refractivity contribution is 6.05. The van der Waals surface area contributed by atoms with Crippen molar-refractivity contribution in [2.24, 2.45) is 5.92 Å². The van der Waals surface area contributed by atoms with Gasteiger partial charge in [-0.05, 0) is 74.6 Å². The quantitative estimate of drug-likeness (QED) is 0.578. The van der Waals surface area contributed by atoms with Crippen LogP contribution in [0, 0.1) is 30.0 Å². The Morgan fingerprint density at radius 3 is 2.59 bits per heavy atom. The van der Waals surface area contributed by atoms with E-state index in [1.165, 1.54) is 18.3 Å². The molecule has 1 aromatic heterocycles. The van der Waals surface area contributed by atoms with Gasteiger partial charge in [-0.15, -0.1) is 0 Å². The van der Waals surface area contributed by atoms with Crippen LogP contribution in [0.3, 0.4) is 0 Å². The van der Waals surface area contributed by atoms with E-state index in [9.17, 15) is 14.4 Å². The van der Waals surface area contributed by atoms with Crippen molar-refractivity contribution in [2.45, 2.75) is 26.2 Å². The summed E-state index contributed by atoms with van der Waals surface area (Å²) >= 11 is 0. The molecule has 1 aliphatic heterocycles. The minimum Gasteiger partial charge on any atom is -0.412 e. The van der Waals surface area contributed by atoms with Gasteiger partial charge in [0.05, 0.1) is 34.4 Å². The van der Waals surface area contributed by atoms with Gasteiger partial charge in [0, 0.05) is 25.4 Å². The number of rotatable bonds is 6. The number of aromatic nitrogens is 2. The first-order chi connectivity index (χ1) is 16.0. The number of piperidine rings is 1. The standard InChI is InChI=1S/C25H26FN5O2.H2O/c1-17-23(16-28-31(17)22-5-2-20(26)3-6-22)25(33)29-21-4-7-24(19(14-21)15-27)30-11-8-18(9-12-30)10-13-32;/h2-7,14,16,18,32H,8-13H2,1H3,(H,29,33);1H2. The molecule has 0 aliphatic carbocycles. The summed E-state index contributed by atoms with van der Waals surface area (Å²) in [6.45, 7) is 3.67. The van der Waals surface area contributed by atoms with Gasteiger partial charge in [-0.25, -0.2) is 9.07 Å².